The average Bonchev–Trinajstić information content (AvgIpc) is 3.05. The predicted molar refractivity (Wildman–Crippen MR) is 102 cm³/mol. The summed E-state index contributed by atoms with van der Waals surface area (Å²) in [6, 6.07) is 6.15. The Morgan fingerprint density at radius 2 is 2.07 bits per heavy atom. The van der Waals surface area contributed by atoms with Crippen LogP contribution in [0.25, 0.3) is 10.9 Å². The molecule has 7 heteroatoms. The molecular weight excluding hydrogens is 342 g/mol. The molecule has 4 N–H and O–H groups in total. The minimum absolute atomic E-state index is 0.208. The van der Waals surface area contributed by atoms with Gasteiger partial charge in [0.15, 0.2) is 0 Å². The number of benzene rings is 1. The molecular formula is C20H25N5O2. The Kier molecular flexibility index (Phi) is 3.52. The van der Waals surface area contributed by atoms with Gasteiger partial charge in [-0.1, -0.05) is 11.6 Å². The first-order valence-electron chi connectivity index (χ1n) is 9.64. The molecule has 1 aromatic heterocycles. The number of fused-ring (bicyclic) bond motifs is 1. The van der Waals surface area contributed by atoms with Crippen molar-refractivity contribution in [2.75, 3.05) is 25.0 Å². The Morgan fingerprint density at radius 1 is 1.30 bits per heavy atom. The van der Waals surface area contributed by atoms with Gasteiger partial charge in [-0.2, -0.15) is 0 Å². The lowest BCUT2D eigenvalue weighted by Gasteiger charge is -2.47. The molecule has 2 bridgehead atoms. The van der Waals surface area contributed by atoms with Gasteiger partial charge in [-0.3, -0.25) is 4.79 Å². The van der Waals surface area contributed by atoms with Crippen LogP contribution in [0, 0.1) is 12.3 Å². The average molecular weight is 367 g/mol. The van der Waals surface area contributed by atoms with Crippen LogP contribution in [0.1, 0.15) is 31.2 Å². The van der Waals surface area contributed by atoms with Crippen molar-refractivity contribution in [2.45, 2.75) is 43.8 Å². The van der Waals surface area contributed by atoms with Crippen molar-refractivity contribution in [1.82, 2.24) is 15.3 Å². The van der Waals surface area contributed by atoms with Gasteiger partial charge in [0.05, 0.1) is 22.1 Å². The molecule has 1 saturated carbocycles. The van der Waals surface area contributed by atoms with E-state index in [9.17, 15) is 4.79 Å². The lowest BCUT2D eigenvalue weighted by Crippen LogP contribution is -2.60. The molecule has 1 amide bonds. The Morgan fingerprint density at radius 3 is 2.81 bits per heavy atom. The lowest BCUT2D eigenvalue weighted by molar-refractivity contribution is -0.137. The number of nitrogens with zero attached hydrogens (tertiary/aromatic N) is 2. The molecule has 1 aliphatic carbocycles. The van der Waals surface area contributed by atoms with Gasteiger partial charge in [-0.25, -0.2) is 9.97 Å². The van der Waals surface area contributed by atoms with Gasteiger partial charge in [0.25, 0.3) is 0 Å². The van der Waals surface area contributed by atoms with Crippen LogP contribution in [0.3, 0.4) is 0 Å². The van der Waals surface area contributed by atoms with Crippen LogP contribution < -0.4 is 16.4 Å². The lowest BCUT2D eigenvalue weighted by atomic mass is 9.53. The quantitative estimate of drug-likeness (QED) is 0.757. The number of anilines is 1. The zero-order chi connectivity index (χ0) is 18.7. The summed E-state index contributed by atoms with van der Waals surface area (Å²) >= 11 is 0. The van der Waals surface area contributed by atoms with Gasteiger partial charge < -0.3 is 21.1 Å². The molecule has 1 aromatic carbocycles. The number of amides is 1. The van der Waals surface area contributed by atoms with E-state index in [1.54, 1.807) is 6.33 Å². The van der Waals surface area contributed by atoms with Gasteiger partial charge in [-0.15, -0.1) is 0 Å². The highest BCUT2D eigenvalue weighted by Crippen LogP contribution is 2.68. The van der Waals surface area contributed by atoms with E-state index in [0.717, 1.165) is 42.7 Å². The zero-order valence-electron chi connectivity index (χ0n) is 15.5. The third-order valence-electron chi connectivity index (χ3n) is 6.78. The smallest absolute Gasteiger partial charge is 0.226 e. The van der Waals surface area contributed by atoms with E-state index in [1.807, 2.05) is 12.1 Å². The number of hydrogen-bond acceptors (Lipinski definition) is 6. The molecule has 3 saturated heterocycles. The number of aromatic nitrogens is 2. The summed E-state index contributed by atoms with van der Waals surface area (Å²) < 4.78 is 6.63. The summed E-state index contributed by atoms with van der Waals surface area (Å²) in [6.45, 7) is 4.42. The van der Waals surface area contributed by atoms with Crippen molar-refractivity contribution in [3.05, 3.63) is 30.1 Å². The SMILES string of the molecule is Cc1ccc2ncnc(NCC34CC(C(N)=O)(C3)C3(CCNCC3)O4)c2c1. The van der Waals surface area contributed by atoms with Crippen molar-refractivity contribution in [2.24, 2.45) is 11.1 Å². The first-order chi connectivity index (χ1) is 13.0. The van der Waals surface area contributed by atoms with Gasteiger partial charge in [-0.05, 0) is 57.8 Å². The third-order valence-corrected chi connectivity index (χ3v) is 6.78. The number of hydrogen-bond donors (Lipinski definition) is 3. The van der Waals surface area contributed by atoms with E-state index >= 15 is 0 Å². The Labute approximate surface area is 158 Å². The third kappa shape index (κ3) is 2.31. The molecule has 1 spiro atoms. The van der Waals surface area contributed by atoms with Gasteiger partial charge >= 0.3 is 0 Å². The molecule has 4 fully saturated rings. The Bertz CT molecular complexity index is 916. The maximum absolute atomic E-state index is 12.3. The second kappa shape index (κ2) is 5.62. The van der Waals surface area contributed by atoms with Crippen LogP contribution >= 0.6 is 0 Å². The molecule has 2 aromatic rings. The monoisotopic (exact) mass is 367 g/mol. The minimum Gasteiger partial charge on any atom is -0.369 e. The molecule has 3 aliphatic heterocycles. The fraction of sp³-hybridized carbons (Fsp3) is 0.550. The second-order valence-corrected chi connectivity index (χ2v) is 8.43. The normalized spacial score (nSPS) is 31.0. The minimum atomic E-state index is -0.513. The van der Waals surface area contributed by atoms with E-state index in [2.05, 4.69) is 33.6 Å². The number of carbonyl (C=O) groups excluding carboxylic acids is 1. The van der Waals surface area contributed by atoms with Crippen LogP contribution in [-0.2, 0) is 9.53 Å². The number of aryl methyl sites for hydroxylation is 1. The highest BCUT2D eigenvalue weighted by atomic mass is 16.5. The van der Waals surface area contributed by atoms with E-state index in [-0.39, 0.29) is 11.5 Å². The highest BCUT2D eigenvalue weighted by molar-refractivity contribution is 5.89. The summed E-state index contributed by atoms with van der Waals surface area (Å²) in [5, 5.41) is 7.84. The van der Waals surface area contributed by atoms with Gasteiger partial charge in [0.1, 0.15) is 12.1 Å². The summed E-state index contributed by atoms with van der Waals surface area (Å²) in [6.07, 6.45) is 4.66. The number of primary amides is 1. The number of nitrogens with two attached hydrogens (primary N) is 1. The molecule has 142 valence electrons. The fourth-order valence-electron chi connectivity index (χ4n) is 5.48. The van der Waals surface area contributed by atoms with Crippen molar-refractivity contribution >= 4 is 22.6 Å². The van der Waals surface area contributed by atoms with E-state index in [4.69, 9.17) is 10.5 Å². The number of piperidine rings is 1. The highest BCUT2D eigenvalue weighted by Gasteiger charge is 2.77. The number of ether oxygens (including phenoxy) is 1. The second-order valence-electron chi connectivity index (χ2n) is 8.43. The number of carbonyl (C=O) groups is 1. The van der Waals surface area contributed by atoms with Crippen LogP contribution in [0.15, 0.2) is 24.5 Å². The molecule has 4 heterocycles. The van der Waals surface area contributed by atoms with Crippen LogP contribution in [-0.4, -0.2) is 46.7 Å². The van der Waals surface area contributed by atoms with E-state index < -0.39 is 11.0 Å². The van der Waals surface area contributed by atoms with Gasteiger partial charge in [0.2, 0.25) is 5.91 Å². The number of rotatable bonds is 4. The van der Waals surface area contributed by atoms with Crippen molar-refractivity contribution in [1.29, 1.82) is 0 Å². The van der Waals surface area contributed by atoms with Crippen LogP contribution in [0.2, 0.25) is 0 Å². The van der Waals surface area contributed by atoms with Crippen molar-refractivity contribution in [3.8, 4) is 0 Å². The summed E-state index contributed by atoms with van der Waals surface area (Å²) in [7, 11) is 0. The van der Waals surface area contributed by atoms with Crippen molar-refractivity contribution in [3.63, 3.8) is 0 Å². The topological polar surface area (TPSA) is 102 Å². The maximum atomic E-state index is 12.3. The zero-order valence-corrected chi connectivity index (χ0v) is 15.5. The van der Waals surface area contributed by atoms with E-state index in [0.29, 0.717) is 19.4 Å². The molecule has 7 nitrogen and oxygen atoms in total. The molecule has 6 rings (SSSR count). The van der Waals surface area contributed by atoms with E-state index in [1.165, 1.54) is 5.56 Å². The Hall–Kier alpha value is -2.25. The number of nitrogens with one attached hydrogen (secondary N) is 2. The first-order valence-corrected chi connectivity index (χ1v) is 9.64. The molecule has 27 heavy (non-hydrogen) atoms. The maximum Gasteiger partial charge on any atom is 0.226 e. The van der Waals surface area contributed by atoms with Crippen LogP contribution in [0.4, 0.5) is 5.82 Å². The molecule has 0 unspecified atom stereocenters. The van der Waals surface area contributed by atoms with Crippen molar-refractivity contribution < 1.29 is 9.53 Å². The largest absolute Gasteiger partial charge is 0.369 e. The summed E-state index contributed by atoms with van der Waals surface area (Å²) in [4.78, 5) is 21.1. The molecule has 0 atom stereocenters. The molecule has 0 radical (unpaired) electrons. The fourth-order valence-corrected chi connectivity index (χ4v) is 5.48. The van der Waals surface area contributed by atoms with Crippen LogP contribution in [0.5, 0.6) is 0 Å². The summed E-state index contributed by atoms with van der Waals surface area (Å²) in [5.41, 5.74) is 6.68. The summed E-state index contributed by atoms with van der Waals surface area (Å²) in [5.74, 6) is 0.602. The first kappa shape index (κ1) is 16.9. The molecule has 4 aliphatic rings. The predicted octanol–water partition coefficient (Wildman–Crippen LogP) is 1.51. The van der Waals surface area contributed by atoms with Gasteiger partial charge in [0, 0.05) is 11.9 Å². The Balaban J connectivity index is 1.40. The standard InChI is InChI=1S/C20H25N5O2/c1-13-2-3-15-14(8-13)16(25-12-24-15)23-11-18-9-19(10-18,17(21)26)20(27-18)4-6-22-7-5-20/h2-3,8,12,22H,4-7,9-11H2,1H3,(H2,21,26)(H,23,24,25).